The third-order valence-corrected chi connectivity index (χ3v) is 5.41. The number of carbonyl (C=O) groups is 1. The van der Waals surface area contributed by atoms with Crippen molar-refractivity contribution in [3.05, 3.63) is 47.5 Å². The number of fused-ring (bicyclic) bond motifs is 5. The molecule has 1 fully saturated rings. The van der Waals surface area contributed by atoms with Gasteiger partial charge in [-0.2, -0.15) is 0 Å². The van der Waals surface area contributed by atoms with Gasteiger partial charge in [0, 0.05) is 18.9 Å². The summed E-state index contributed by atoms with van der Waals surface area (Å²) >= 11 is 0. The van der Waals surface area contributed by atoms with E-state index in [4.69, 9.17) is 9.47 Å². The Bertz CT molecular complexity index is 774. The van der Waals surface area contributed by atoms with Crippen molar-refractivity contribution in [3.8, 4) is 22.6 Å². The Balaban J connectivity index is 1.83. The summed E-state index contributed by atoms with van der Waals surface area (Å²) in [5.41, 5.74) is 5.11. The summed E-state index contributed by atoms with van der Waals surface area (Å²) in [6, 6.07) is 12.6. The Kier molecular flexibility index (Phi) is 3.30. The van der Waals surface area contributed by atoms with Gasteiger partial charge < -0.3 is 14.8 Å². The monoisotopic (exact) mass is 323 g/mol. The maximum Gasteiger partial charge on any atom is 0.216 e. The molecule has 4 rings (SSSR count). The average molecular weight is 323 g/mol. The van der Waals surface area contributed by atoms with E-state index in [0.717, 1.165) is 17.9 Å². The fourth-order valence-electron chi connectivity index (χ4n) is 4.16. The minimum atomic E-state index is -0.0316. The number of rotatable bonds is 4. The summed E-state index contributed by atoms with van der Waals surface area (Å²) in [7, 11) is 3.39. The van der Waals surface area contributed by atoms with Gasteiger partial charge in [0.1, 0.15) is 11.5 Å². The predicted molar refractivity (Wildman–Crippen MR) is 92.6 cm³/mol. The van der Waals surface area contributed by atoms with Gasteiger partial charge in [-0.25, -0.2) is 0 Å². The Labute approximate surface area is 141 Å². The van der Waals surface area contributed by atoms with Crippen LogP contribution in [-0.4, -0.2) is 26.7 Å². The largest absolute Gasteiger partial charge is 0.497 e. The molecule has 1 N–H and O–H groups in total. The second kappa shape index (κ2) is 5.26. The van der Waals surface area contributed by atoms with Gasteiger partial charge in [-0.15, -0.1) is 0 Å². The average Bonchev–Trinajstić information content (AvgIpc) is 3.27. The highest BCUT2D eigenvalue weighted by Crippen LogP contribution is 2.66. The van der Waals surface area contributed by atoms with Crippen molar-refractivity contribution in [2.45, 2.75) is 18.8 Å². The van der Waals surface area contributed by atoms with Crippen molar-refractivity contribution in [3.63, 3.8) is 0 Å². The Morgan fingerprint density at radius 2 is 1.62 bits per heavy atom. The number of hydrogen-bond acceptors (Lipinski definition) is 3. The van der Waals surface area contributed by atoms with Crippen LogP contribution in [0.5, 0.6) is 11.5 Å². The molecular weight excluding hydrogens is 302 g/mol. The van der Waals surface area contributed by atoms with Gasteiger partial charge in [0.2, 0.25) is 5.91 Å². The zero-order valence-electron chi connectivity index (χ0n) is 14.2. The molecule has 2 aromatic carbocycles. The van der Waals surface area contributed by atoms with Crippen LogP contribution in [0.1, 0.15) is 24.5 Å². The molecule has 0 heterocycles. The molecule has 0 radical (unpaired) electrons. The van der Waals surface area contributed by atoms with Gasteiger partial charge in [0.15, 0.2) is 0 Å². The second-order valence-electron chi connectivity index (χ2n) is 6.63. The number of benzene rings is 2. The highest BCUT2D eigenvalue weighted by Gasteiger charge is 2.60. The first-order valence-electron chi connectivity index (χ1n) is 8.22. The van der Waals surface area contributed by atoms with Crippen LogP contribution in [0.4, 0.5) is 0 Å². The molecule has 0 bridgehead atoms. The number of methoxy groups -OCH3 is 2. The van der Waals surface area contributed by atoms with Gasteiger partial charge in [-0.05, 0) is 58.9 Å². The fourth-order valence-corrected chi connectivity index (χ4v) is 4.16. The molecular formula is C20H21NO3. The topological polar surface area (TPSA) is 47.6 Å². The summed E-state index contributed by atoms with van der Waals surface area (Å²) in [5, 5.41) is 2.98. The van der Waals surface area contributed by atoms with Crippen molar-refractivity contribution in [1.29, 1.82) is 0 Å². The lowest BCUT2D eigenvalue weighted by molar-refractivity contribution is -0.119. The standard InChI is InChI=1S/C20H21NO3/c1-12(22)21-11-13-10-20(13)18-8-14(23-2)4-6-16(18)17-7-5-15(24-3)9-19(17)20/h4-9,13H,10-11H2,1-3H3,(H,21,22). The van der Waals surface area contributed by atoms with E-state index < -0.39 is 0 Å². The van der Waals surface area contributed by atoms with E-state index in [-0.39, 0.29) is 11.3 Å². The molecule has 2 aliphatic rings. The fraction of sp³-hybridized carbons (Fsp3) is 0.350. The maximum atomic E-state index is 11.3. The van der Waals surface area contributed by atoms with Crippen molar-refractivity contribution in [1.82, 2.24) is 5.32 Å². The van der Waals surface area contributed by atoms with Crippen LogP contribution in [0.2, 0.25) is 0 Å². The smallest absolute Gasteiger partial charge is 0.216 e. The zero-order valence-corrected chi connectivity index (χ0v) is 14.2. The van der Waals surface area contributed by atoms with Gasteiger partial charge in [-0.3, -0.25) is 4.79 Å². The van der Waals surface area contributed by atoms with Crippen LogP contribution in [0.15, 0.2) is 36.4 Å². The van der Waals surface area contributed by atoms with Crippen LogP contribution in [0, 0.1) is 5.92 Å². The van der Waals surface area contributed by atoms with E-state index in [2.05, 4.69) is 29.6 Å². The van der Waals surface area contributed by atoms with Crippen molar-refractivity contribution >= 4 is 5.91 Å². The first kappa shape index (κ1) is 15.1. The van der Waals surface area contributed by atoms with E-state index in [0.29, 0.717) is 12.5 Å². The molecule has 1 spiro atoms. The summed E-state index contributed by atoms with van der Waals surface area (Å²) in [4.78, 5) is 11.3. The number of carbonyl (C=O) groups excluding carboxylic acids is 1. The highest BCUT2D eigenvalue weighted by molar-refractivity contribution is 5.84. The van der Waals surface area contributed by atoms with Crippen LogP contribution in [-0.2, 0) is 10.2 Å². The normalized spacial score (nSPS) is 18.7. The van der Waals surface area contributed by atoms with Gasteiger partial charge in [-0.1, -0.05) is 12.1 Å². The second-order valence-corrected chi connectivity index (χ2v) is 6.63. The Morgan fingerprint density at radius 1 is 1.08 bits per heavy atom. The summed E-state index contributed by atoms with van der Waals surface area (Å²) in [6.07, 6.45) is 1.04. The van der Waals surface area contributed by atoms with Gasteiger partial charge in [0.05, 0.1) is 14.2 Å². The molecule has 1 amide bonds. The predicted octanol–water partition coefficient (Wildman–Crippen LogP) is 3.13. The summed E-state index contributed by atoms with van der Waals surface area (Å²) in [6.45, 7) is 2.26. The lowest BCUT2D eigenvalue weighted by Crippen LogP contribution is -2.25. The molecule has 2 aromatic rings. The molecule has 1 atom stereocenters. The SMILES string of the molecule is COc1ccc2c(c1)C1(CC1CNC(C)=O)c1cc(OC)ccc1-2. The third kappa shape index (κ3) is 2.02. The molecule has 4 nitrogen and oxygen atoms in total. The van der Waals surface area contributed by atoms with E-state index in [9.17, 15) is 4.79 Å². The van der Waals surface area contributed by atoms with Crippen LogP contribution in [0.3, 0.4) is 0 Å². The third-order valence-electron chi connectivity index (χ3n) is 5.41. The number of hydrogen-bond donors (Lipinski definition) is 1. The Hall–Kier alpha value is -2.49. The molecule has 24 heavy (non-hydrogen) atoms. The lowest BCUT2D eigenvalue weighted by Gasteiger charge is -2.16. The van der Waals surface area contributed by atoms with Crippen molar-refractivity contribution < 1.29 is 14.3 Å². The molecule has 124 valence electrons. The summed E-state index contributed by atoms with van der Waals surface area (Å²) < 4.78 is 10.9. The number of ether oxygens (including phenoxy) is 2. The zero-order chi connectivity index (χ0) is 16.9. The first-order valence-corrected chi connectivity index (χ1v) is 8.22. The quantitative estimate of drug-likeness (QED) is 0.940. The van der Waals surface area contributed by atoms with E-state index >= 15 is 0 Å². The molecule has 4 heteroatoms. The van der Waals surface area contributed by atoms with Crippen molar-refractivity contribution in [2.24, 2.45) is 5.92 Å². The molecule has 1 unspecified atom stereocenters. The Morgan fingerprint density at radius 3 is 2.08 bits per heavy atom. The molecule has 1 saturated carbocycles. The van der Waals surface area contributed by atoms with Crippen LogP contribution in [0.25, 0.3) is 11.1 Å². The van der Waals surface area contributed by atoms with Crippen molar-refractivity contribution in [2.75, 3.05) is 20.8 Å². The number of amides is 1. The minimum absolute atomic E-state index is 0.0202. The van der Waals surface area contributed by atoms with Gasteiger partial charge in [0.25, 0.3) is 0 Å². The molecule has 0 aromatic heterocycles. The first-order chi connectivity index (χ1) is 11.6. The van der Waals surface area contributed by atoms with E-state index in [1.54, 1.807) is 21.1 Å². The van der Waals surface area contributed by atoms with Crippen LogP contribution >= 0.6 is 0 Å². The molecule has 0 saturated heterocycles. The maximum absolute atomic E-state index is 11.3. The van der Waals surface area contributed by atoms with E-state index in [1.165, 1.54) is 22.3 Å². The highest BCUT2D eigenvalue weighted by atomic mass is 16.5. The van der Waals surface area contributed by atoms with E-state index in [1.807, 2.05) is 12.1 Å². The van der Waals surface area contributed by atoms with Gasteiger partial charge >= 0.3 is 0 Å². The summed E-state index contributed by atoms with van der Waals surface area (Å²) in [5.74, 6) is 2.17. The molecule has 2 aliphatic carbocycles. The number of nitrogens with one attached hydrogen (secondary N) is 1. The lowest BCUT2D eigenvalue weighted by atomic mass is 9.90. The minimum Gasteiger partial charge on any atom is -0.497 e. The van der Waals surface area contributed by atoms with Crippen LogP contribution < -0.4 is 14.8 Å². The molecule has 0 aliphatic heterocycles.